The van der Waals surface area contributed by atoms with Crippen molar-refractivity contribution in [3.8, 4) is 0 Å². The van der Waals surface area contributed by atoms with E-state index < -0.39 is 0 Å². The quantitative estimate of drug-likeness (QED) is 0.266. The molecule has 6 rings (SSSR count). The maximum Gasteiger partial charge on any atom is 0.274 e. The molecule has 1 aromatic heterocycles. The third kappa shape index (κ3) is 3.93. The summed E-state index contributed by atoms with van der Waals surface area (Å²) < 4.78 is 14.7. The lowest BCUT2D eigenvalue weighted by molar-refractivity contribution is -0.113. The number of amidine groups is 1. The van der Waals surface area contributed by atoms with Crippen LogP contribution in [0.3, 0.4) is 0 Å². The Hall–Kier alpha value is -3.14. The monoisotopic (exact) mass is 518 g/mol. The van der Waals surface area contributed by atoms with E-state index in [1.165, 1.54) is 23.9 Å². The first-order valence-corrected chi connectivity index (χ1v) is 13.5. The van der Waals surface area contributed by atoms with E-state index in [2.05, 4.69) is 28.9 Å². The molecule has 0 N–H and O–H groups in total. The van der Waals surface area contributed by atoms with Gasteiger partial charge in [-0.25, -0.2) is 14.4 Å². The summed E-state index contributed by atoms with van der Waals surface area (Å²) in [5, 5.41) is 2.43. The predicted molar refractivity (Wildman–Crippen MR) is 145 cm³/mol. The first-order chi connectivity index (χ1) is 17.0. The van der Waals surface area contributed by atoms with Crippen molar-refractivity contribution in [1.29, 1.82) is 0 Å². The van der Waals surface area contributed by atoms with Gasteiger partial charge in [0, 0.05) is 11.4 Å². The van der Waals surface area contributed by atoms with Crippen LogP contribution in [0.2, 0.25) is 0 Å². The van der Waals surface area contributed by atoms with Crippen LogP contribution in [-0.2, 0) is 4.79 Å². The van der Waals surface area contributed by atoms with Crippen LogP contribution in [0, 0.1) is 12.7 Å². The minimum atomic E-state index is -0.352. The van der Waals surface area contributed by atoms with Crippen molar-refractivity contribution >= 4 is 73.2 Å². The van der Waals surface area contributed by atoms with Gasteiger partial charge in [-0.1, -0.05) is 23.9 Å². The van der Waals surface area contributed by atoms with Gasteiger partial charge in [-0.05, 0) is 80.2 Å². The summed E-state index contributed by atoms with van der Waals surface area (Å²) in [6, 6.07) is 19.9. The number of halogens is 1. The smallest absolute Gasteiger partial charge is 0.274 e. The van der Waals surface area contributed by atoms with Crippen molar-refractivity contribution in [2.75, 3.05) is 16.3 Å². The minimum absolute atomic E-state index is 0.163. The molecular formula is C26H19FN4OS3. The average molecular weight is 519 g/mol. The average Bonchev–Trinajstić information content (AvgIpc) is 3.51. The molecule has 0 unspecified atom stereocenters. The second-order valence-electron chi connectivity index (χ2n) is 7.95. The highest BCUT2D eigenvalue weighted by molar-refractivity contribution is 8.20. The lowest BCUT2D eigenvalue weighted by Crippen LogP contribution is -2.29. The molecule has 5 nitrogen and oxygen atoms in total. The highest BCUT2D eigenvalue weighted by Crippen LogP contribution is 2.51. The highest BCUT2D eigenvalue weighted by Gasteiger charge is 2.40. The van der Waals surface area contributed by atoms with Gasteiger partial charge in [0.2, 0.25) is 0 Å². The van der Waals surface area contributed by atoms with E-state index in [9.17, 15) is 9.18 Å². The van der Waals surface area contributed by atoms with Crippen molar-refractivity contribution in [2.45, 2.75) is 18.7 Å². The summed E-state index contributed by atoms with van der Waals surface area (Å²) in [4.78, 5) is 28.7. The summed E-state index contributed by atoms with van der Waals surface area (Å²) in [5.74, 6) is -0.515. The van der Waals surface area contributed by atoms with Gasteiger partial charge < -0.3 is 4.90 Å². The number of fused-ring (bicyclic) bond motifs is 2. The van der Waals surface area contributed by atoms with Gasteiger partial charge in [0.15, 0.2) is 5.17 Å². The van der Waals surface area contributed by atoms with Crippen molar-refractivity contribution in [3.05, 3.63) is 87.5 Å². The van der Waals surface area contributed by atoms with Gasteiger partial charge in [-0.2, -0.15) is 0 Å². The van der Waals surface area contributed by atoms with E-state index in [1.54, 1.807) is 40.1 Å². The fraction of sp³-hybridized carbons (Fsp3) is 0.115. The zero-order valence-electron chi connectivity index (χ0n) is 18.9. The zero-order chi connectivity index (χ0) is 24.1. The Morgan fingerprint density at radius 2 is 1.83 bits per heavy atom. The Bertz CT molecular complexity index is 1540. The third-order valence-corrected chi connectivity index (χ3v) is 8.96. The van der Waals surface area contributed by atoms with E-state index >= 15 is 0 Å². The SMILES string of the molecule is CCN1C(=C2SC(=Nc3ccc4nc(C)sc4c3)N(c3ccc(F)cc3)C2=O)Sc2ccccc21. The van der Waals surface area contributed by atoms with Gasteiger partial charge in [-0.15, -0.1) is 11.3 Å². The number of aryl methyl sites for hydroxylation is 1. The summed E-state index contributed by atoms with van der Waals surface area (Å²) in [6.45, 7) is 4.79. The van der Waals surface area contributed by atoms with Crippen LogP contribution in [0.1, 0.15) is 11.9 Å². The third-order valence-electron chi connectivity index (χ3n) is 5.69. The molecule has 1 amide bonds. The number of hydrogen-bond donors (Lipinski definition) is 0. The molecule has 0 radical (unpaired) electrons. The number of para-hydroxylation sites is 1. The number of nitrogens with zero attached hydrogens (tertiary/aromatic N) is 4. The molecule has 0 aliphatic carbocycles. The van der Waals surface area contributed by atoms with E-state index in [0.29, 0.717) is 15.8 Å². The molecule has 0 atom stereocenters. The van der Waals surface area contributed by atoms with Gasteiger partial charge >= 0.3 is 0 Å². The number of aromatic nitrogens is 1. The molecule has 3 aromatic carbocycles. The fourth-order valence-electron chi connectivity index (χ4n) is 4.12. The molecule has 0 saturated carbocycles. The van der Waals surface area contributed by atoms with Crippen LogP contribution < -0.4 is 9.80 Å². The number of amides is 1. The number of anilines is 2. The first-order valence-electron chi connectivity index (χ1n) is 11.0. The molecule has 2 aliphatic rings. The normalized spacial score (nSPS) is 18.8. The number of rotatable bonds is 3. The van der Waals surface area contributed by atoms with Gasteiger partial charge in [0.1, 0.15) is 15.8 Å². The van der Waals surface area contributed by atoms with Gasteiger partial charge in [0.25, 0.3) is 5.91 Å². The molecule has 0 spiro atoms. The van der Waals surface area contributed by atoms with E-state index in [4.69, 9.17) is 4.99 Å². The molecule has 2 aliphatic heterocycles. The number of thioether (sulfide) groups is 2. The predicted octanol–water partition coefficient (Wildman–Crippen LogP) is 7.31. The van der Waals surface area contributed by atoms with Crippen LogP contribution in [0.4, 0.5) is 21.5 Å². The number of carbonyl (C=O) groups is 1. The van der Waals surface area contributed by atoms with Crippen LogP contribution >= 0.6 is 34.9 Å². The van der Waals surface area contributed by atoms with Crippen LogP contribution in [0.15, 0.2) is 86.6 Å². The second kappa shape index (κ2) is 8.82. The van der Waals surface area contributed by atoms with Crippen molar-refractivity contribution < 1.29 is 9.18 Å². The number of benzene rings is 3. The molecule has 35 heavy (non-hydrogen) atoms. The topological polar surface area (TPSA) is 48.8 Å². The number of carbonyl (C=O) groups excluding carboxylic acids is 1. The number of thiazole rings is 1. The van der Waals surface area contributed by atoms with Crippen molar-refractivity contribution in [1.82, 2.24) is 4.98 Å². The fourth-order valence-corrected chi connectivity index (χ4v) is 7.38. The van der Waals surface area contributed by atoms with Crippen molar-refractivity contribution in [2.24, 2.45) is 4.99 Å². The van der Waals surface area contributed by atoms with Crippen LogP contribution in [0.5, 0.6) is 0 Å². The Balaban J connectivity index is 1.47. The standard InChI is InChI=1S/C26H19FN4OS3/c1-3-30-20-6-4-5-7-21(20)34-25(30)23-24(32)31(18-11-8-16(27)9-12-18)26(35-23)29-17-10-13-19-22(14-17)33-15(2)28-19/h4-14H,3H2,1-2H3. The van der Waals surface area contributed by atoms with E-state index in [1.807, 2.05) is 37.3 Å². The van der Waals surface area contributed by atoms with Crippen LogP contribution in [0.25, 0.3) is 10.2 Å². The van der Waals surface area contributed by atoms with Crippen LogP contribution in [-0.4, -0.2) is 22.6 Å². The first kappa shape index (κ1) is 22.3. The molecule has 174 valence electrons. The maximum atomic E-state index is 13.8. The summed E-state index contributed by atoms with van der Waals surface area (Å²) in [6.07, 6.45) is 0. The molecule has 4 aromatic rings. The molecule has 1 fully saturated rings. The second-order valence-corrected chi connectivity index (χ2v) is 11.2. The van der Waals surface area contributed by atoms with Gasteiger partial charge in [-0.3, -0.25) is 9.69 Å². The number of hydrogen-bond acceptors (Lipinski definition) is 7. The molecule has 9 heteroatoms. The Morgan fingerprint density at radius 3 is 2.63 bits per heavy atom. The lowest BCUT2D eigenvalue weighted by atomic mass is 10.2. The molecule has 1 saturated heterocycles. The maximum absolute atomic E-state index is 13.8. The minimum Gasteiger partial charge on any atom is -0.334 e. The summed E-state index contributed by atoms with van der Waals surface area (Å²) in [5.41, 5.74) is 3.35. The Morgan fingerprint density at radius 1 is 1.03 bits per heavy atom. The van der Waals surface area contributed by atoms with E-state index in [0.717, 1.165) is 43.1 Å². The number of aliphatic imine (C=N–C) groups is 1. The zero-order valence-corrected chi connectivity index (χ0v) is 21.3. The molecular weight excluding hydrogens is 500 g/mol. The summed E-state index contributed by atoms with van der Waals surface area (Å²) in [7, 11) is 0. The largest absolute Gasteiger partial charge is 0.334 e. The van der Waals surface area contributed by atoms with Crippen molar-refractivity contribution in [3.63, 3.8) is 0 Å². The lowest BCUT2D eigenvalue weighted by Gasteiger charge is -2.19. The summed E-state index contributed by atoms with van der Waals surface area (Å²) >= 11 is 4.57. The highest BCUT2D eigenvalue weighted by atomic mass is 32.2. The van der Waals surface area contributed by atoms with E-state index in [-0.39, 0.29) is 11.7 Å². The Labute approximate surface area is 214 Å². The Kier molecular flexibility index (Phi) is 5.63. The molecule has 0 bridgehead atoms. The molecule has 3 heterocycles. The van der Waals surface area contributed by atoms with Gasteiger partial charge in [0.05, 0.1) is 32.3 Å².